The van der Waals surface area contributed by atoms with Gasteiger partial charge >= 0.3 is 0 Å². The van der Waals surface area contributed by atoms with Gasteiger partial charge in [-0.15, -0.1) is 0 Å². The lowest BCUT2D eigenvalue weighted by atomic mass is 10.1. The standard InChI is InChI=1S/C21H20N4/c1-24-10-8-19-12-18(6-7-20(19)24)13-21-23-9-11-25(21)15-17-4-2-16(14-22)3-5-17/h2-7,9,11-12H,8,10,13,15H2,1H3. The number of fused-ring (bicyclic) bond motifs is 1. The van der Waals surface area contributed by atoms with Gasteiger partial charge < -0.3 is 9.47 Å². The molecule has 0 amide bonds. The zero-order valence-electron chi connectivity index (χ0n) is 14.3. The molecule has 0 atom stereocenters. The lowest BCUT2D eigenvalue weighted by Gasteiger charge is -2.12. The van der Waals surface area contributed by atoms with Crippen LogP contribution < -0.4 is 4.90 Å². The van der Waals surface area contributed by atoms with Gasteiger partial charge in [0.25, 0.3) is 0 Å². The number of likely N-dealkylation sites (N-methyl/N-ethyl adjacent to an activating group) is 1. The number of hydrogen-bond donors (Lipinski definition) is 0. The zero-order chi connectivity index (χ0) is 17.2. The van der Waals surface area contributed by atoms with Crippen molar-refractivity contribution < 1.29 is 0 Å². The number of nitrogens with zero attached hydrogens (tertiary/aromatic N) is 4. The van der Waals surface area contributed by atoms with Crippen molar-refractivity contribution >= 4 is 5.69 Å². The molecule has 3 aromatic rings. The molecule has 4 heteroatoms. The summed E-state index contributed by atoms with van der Waals surface area (Å²) in [5, 5.41) is 8.91. The molecule has 4 rings (SSSR count). The second-order valence-electron chi connectivity index (χ2n) is 6.59. The molecule has 0 spiro atoms. The number of anilines is 1. The SMILES string of the molecule is CN1CCc2cc(Cc3nccn3Cc3ccc(C#N)cc3)ccc21. The third-order valence-electron chi connectivity index (χ3n) is 4.87. The molecule has 0 fully saturated rings. The molecule has 0 saturated carbocycles. The van der Waals surface area contributed by atoms with Crippen molar-refractivity contribution in [1.82, 2.24) is 9.55 Å². The molecule has 2 aromatic carbocycles. The molecule has 1 aromatic heterocycles. The van der Waals surface area contributed by atoms with E-state index in [0.29, 0.717) is 5.56 Å². The van der Waals surface area contributed by atoms with Gasteiger partial charge in [0, 0.05) is 44.6 Å². The second-order valence-corrected chi connectivity index (χ2v) is 6.59. The number of rotatable bonds is 4. The number of aromatic nitrogens is 2. The summed E-state index contributed by atoms with van der Waals surface area (Å²) in [5.41, 5.74) is 5.96. The van der Waals surface area contributed by atoms with E-state index in [2.05, 4.69) is 45.8 Å². The Kier molecular flexibility index (Phi) is 3.99. The van der Waals surface area contributed by atoms with Crippen LogP contribution in [0.1, 0.15) is 28.1 Å². The van der Waals surface area contributed by atoms with Crippen LogP contribution in [-0.2, 0) is 19.4 Å². The van der Waals surface area contributed by atoms with Crippen molar-refractivity contribution in [3.05, 3.63) is 82.9 Å². The summed E-state index contributed by atoms with van der Waals surface area (Å²) in [4.78, 5) is 6.86. The first-order valence-corrected chi connectivity index (χ1v) is 8.55. The van der Waals surface area contributed by atoms with Gasteiger partial charge in [-0.2, -0.15) is 5.26 Å². The molecule has 0 unspecified atom stereocenters. The van der Waals surface area contributed by atoms with E-state index in [-0.39, 0.29) is 0 Å². The average molecular weight is 328 g/mol. The van der Waals surface area contributed by atoms with Gasteiger partial charge in [-0.3, -0.25) is 0 Å². The molecule has 1 aliphatic rings. The van der Waals surface area contributed by atoms with Crippen LogP contribution in [0.2, 0.25) is 0 Å². The van der Waals surface area contributed by atoms with E-state index in [9.17, 15) is 0 Å². The van der Waals surface area contributed by atoms with E-state index in [1.807, 2.05) is 36.7 Å². The molecule has 2 heterocycles. The van der Waals surface area contributed by atoms with Crippen molar-refractivity contribution in [3.8, 4) is 6.07 Å². The van der Waals surface area contributed by atoms with Crippen LogP contribution in [0.5, 0.6) is 0 Å². The summed E-state index contributed by atoms with van der Waals surface area (Å²) in [6, 6.07) is 16.7. The van der Waals surface area contributed by atoms with Crippen molar-refractivity contribution in [3.63, 3.8) is 0 Å². The van der Waals surface area contributed by atoms with Crippen LogP contribution in [0.4, 0.5) is 5.69 Å². The van der Waals surface area contributed by atoms with Crippen LogP contribution in [0.25, 0.3) is 0 Å². The highest BCUT2D eigenvalue weighted by Gasteiger charge is 2.16. The first-order chi connectivity index (χ1) is 12.2. The molecule has 124 valence electrons. The molecule has 1 aliphatic heterocycles. The number of benzene rings is 2. The maximum Gasteiger partial charge on any atom is 0.113 e. The fourth-order valence-electron chi connectivity index (χ4n) is 3.45. The zero-order valence-corrected chi connectivity index (χ0v) is 14.3. The largest absolute Gasteiger partial charge is 0.374 e. The molecule has 0 N–H and O–H groups in total. The van der Waals surface area contributed by atoms with E-state index in [4.69, 9.17) is 5.26 Å². The van der Waals surface area contributed by atoms with Gasteiger partial charge in [0.2, 0.25) is 0 Å². The quantitative estimate of drug-likeness (QED) is 0.737. The van der Waals surface area contributed by atoms with E-state index >= 15 is 0 Å². The molecule has 0 radical (unpaired) electrons. The summed E-state index contributed by atoms with van der Waals surface area (Å²) in [7, 11) is 2.15. The van der Waals surface area contributed by atoms with Crippen LogP contribution in [-0.4, -0.2) is 23.1 Å². The van der Waals surface area contributed by atoms with Crippen LogP contribution in [0, 0.1) is 11.3 Å². The summed E-state index contributed by atoms with van der Waals surface area (Å²) in [5.74, 6) is 1.07. The molecule has 0 saturated heterocycles. The Bertz CT molecular complexity index is 931. The summed E-state index contributed by atoms with van der Waals surface area (Å²) >= 11 is 0. The minimum atomic E-state index is 0.692. The van der Waals surface area contributed by atoms with Crippen molar-refractivity contribution in [2.45, 2.75) is 19.4 Å². The van der Waals surface area contributed by atoms with E-state index in [1.54, 1.807) is 0 Å². The topological polar surface area (TPSA) is 44.9 Å². The first-order valence-electron chi connectivity index (χ1n) is 8.55. The fraction of sp³-hybridized carbons (Fsp3) is 0.238. The normalized spacial score (nSPS) is 12.9. The van der Waals surface area contributed by atoms with Crippen molar-refractivity contribution in [1.29, 1.82) is 5.26 Å². The minimum Gasteiger partial charge on any atom is -0.374 e. The van der Waals surface area contributed by atoms with Crippen molar-refractivity contribution in [2.75, 3.05) is 18.5 Å². The first kappa shape index (κ1) is 15.5. The smallest absolute Gasteiger partial charge is 0.113 e. The molecular weight excluding hydrogens is 308 g/mol. The van der Waals surface area contributed by atoms with E-state index < -0.39 is 0 Å². The third-order valence-corrected chi connectivity index (χ3v) is 4.87. The Hall–Kier alpha value is -3.06. The molecule has 0 bridgehead atoms. The van der Waals surface area contributed by atoms with Crippen LogP contribution >= 0.6 is 0 Å². The Morgan fingerprint density at radius 1 is 1.12 bits per heavy atom. The lowest BCUT2D eigenvalue weighted by molar-refractivity contribution is 0.740. The van der Waals surface area contributed by atoms with E-state index in [0.717, 1.165) is 31.8 Å². The predicted molar refractivity (Wildman–Crippen MR) is 98.7 cm³/mol. The Labute approximate surface area is 148 Å². The fourth-order valence-corrected chi connectivity index (χ4v) is 3.45. The van der Waals surface area contributed by atoms with Crippen molar-refractivity contribution in [2.24, 2.45) is 0 Å². The van der Waals surface area contributed by atoms with Gasteiger partial charge in [-0.25, -0.2) is 4.98 Å². The highest BCUT2D eigenvalue weighted by molar-refractivity contribution is 5.58. The Morgan fingerprint density at radius 2 is 1.92 bits per heavy atom. The summed E-state index contributed by atoms with van der Waals surface area (Å²) < 4.78 is 2.18. The molecular formula is C21H20N4. The Balaban J connectivity index is 1.53. The summed E-state index contributed by atoms with van der Waals surface area (Å²) in [6.07, 6.45) is 5.84. The van der Waals surface area contributed by atoms with Crippen LogP contribution in [0.3, 0.4) is 0 Å². The highest BCUT2D eigenvalue weighted by atomic mass is 15.1. The van der Waals surface area contributed by atoms with Crippen LogP contribution in [0.15, 0.2) is 54.9 Å². The van der Waals surface area contributed by atoms with Gasteiger partial charge in [0.05, 0.1) is 11.6 Å². The van der Waals surface area contributed by atoms with Gasteiger partial charge in [0.1, 0.15) is 5.82 Å². The maximum absolute atomic E-state index is 8.91. The number of nitriles is 1. The van der Waals surface area contributed by atoms with E-state index in [1.165, 1.54) is 22.4 Å². The number of imidazole rings is 1. The maximum atomic E-state index is 8.91. The lowest BCUT2D eigenvalue weighted by Crippen LogP contribution is -2.12. The Morgan fingerprint density at radius 3 is 2.72 bits per heavy atom. The average Bonchev–Trinajstić information content (AvgIpc) is 3.22. The third kappa shape index (κ3) is 3.14. The number of hydrogen-bond acceptors (Lipinski definition) is 3. The highest BCUT2D eigenvalue weighted by Crippen LogP contribution is 2.28. The monoisotopic (exact) mass is 328 g/mol. The van der Waals surface area contributed by atoms with Gasteiger partial charge in [-0.1, -0.05) is 24.3 Å². The minimum absolute atomic E-state index is 0.692. The summed E-state index contributed by atoms with van der Waals surface area (Å²) in [6.45, 7) is 1.88. The molecule has 25 heavy (non-hydrogen) atoms. The molecule has 4 nitrogen and oxygen atoms in total. The molecule has 0 aliphatic carbocycles. The van der Waals surface area contributed by atoms with Gasteiger partial charge in [0.15, 0.2) is 0 Å². The van der Waals surface area contributed by atoms with Gasteiger partial charge in [-0.05, 0) is 41.3 Å². The second kappa shape index (κ2) is 6.45. The predicted octanol–water partition coefficient (Wildman–Crippen LogP) is 3.39.